The Bertz CT molecular complexity index is 939. The van der Waals surface area contributed by atoms with E-state index in [2.05, 4.69) is 43.1 Å². The maximum Gasteiger partial charge on any atom is 0.218 e. The van der Waals surface area contributed by atoms with Crippen LogP contribution in [0.25, 0.3) is 10.9 Å². The van der Waals surface area contributed by atoms with Gasteiger partial charge in [0.1, 0.15) is 5.75 Å². The van der Waals surface area contributed by atoms with E-state index in [4.69, 9.17) is 17.0 Å². The van der Waals surface area contributed by atoms with E-state index in [1.54, 1.807) is 7.11 Å². The molecule has 1 aromatic heterocycles. The van der Waals surface area contributed by atoms with E-state index in [-0.39, 0.29) is 11.0 Å². The number of aromatic amines is 1. The van der Waals surface area contributed by atoms with Gasteiger partial charge >= 0.3 is 0 Å². The van der Waals surface area contributed by atoms with Gasteiger partial charge in [-0.2, -0.15) is 0 Å². The van der Waals surface area contributed by atoms with Crippen molar-refractivity contribution in [2.24, 2.45) is 10.2 Å². The number of aromatic hydroxyl groups is 1. The molecule has 0 saturated heterocycles. The lowest BCUT2D eigenvalue weighted by atomic mass is 10.2. The molecule has 0 unspecified atom stereocenters. The number of rotatable bonds is 3. The van der Waals surface area contributed by atoms with Gasteiger partial charge in [-0.3, -0.25) is 0 Å². The van der Waals surface area contributed by atoms with Crippen LogP contribution in [0.15, 0.2) is 52.7 Å². The maximum absolute atomic E-state index is 10.0. The molecule has 0 saturated carbocycles. The number of H-pyrrole nitrogens is 1. The van der Waals surface area contributed by atoms with Gasteiger partial charge in [0.15, 0.2) is 5.69 Å². The predicted molar refractivity (Wildman–Crippen MR) is 106 cm³/mol. The highest BCUT2D eigenvalue weighted by Crippen LogP contribution is 2.37. The smallest absolute Gasteiger partial charge is 0.218 e. The van der Waals surface area contributed by atoms with Gasteiger partial charge in [-0.05, 0) is 53.0 Å². The number of para-hydroxylation sites is 3. The fourth-order valence-electron chi connectivity index (χ4n) is 2.24. The third-order valence-electron chi connectivity index (χ3n) is 3.33. The van der Waals surface area contributed by atoms with Crippen LogP contribution in [0.1, 0.15) is 0 Å². The summed E-state index contributed by atoms with van der Waals surface area (Å²) in [5.41, 5.74) is 1.86. The van der Waals surface area contributed by atoms with Gasteiger partial charge in [-0.15, -0.1) is 10.2 Å². The first-order chi connectivity index (χ1) is 11.6. The zero-order valence-corrected chi connectivity index (χ0v) is 15.6. The number of azo groups is 1. The fraction of sp³-hybridized carbons (Fsp3) is 0.0625. The Labute approximate surface area is 157 Å². The average Bonchev–Trinajstić information content (AvgIpc) is 2.90. The quantitative estimate of drug-likeness (QED) is 0.298. The van der Waals surface area contributed by atoms with E-state index < -0.39 is 0 Å². The Morgan fingerprint density at radius 2 is 2.04 bits per heavy atom. The zero-order chi connectivity index (χ0) is 17.1. The minimum atomic E-state index is -0.0436. The molecule has 0 bridgehead atoms. The minimum Gasteiger partial charge on any atom is -0.495 e. The number of anilines is 1. The summed E-state index contributed by atoms with van der Waals surface area (Å²) >= 11 is 7.37. The zero-order valence-electron chi connectivity index (χ0n) is 12.6. The van der Waals surface area contributed by atoms with Crippen molar-refractivity contribution in [1.29, 1.82) is 0 Å². The van der Waals surface area contributed by atoms with Crippen LogP contribution in [-0.2, 0) is 0 Å². The van der Waals surface area contributed by atoms with E-state index >= 15 is 0 Å². The molecule has 0 aliphatic heterocycles. The molecular formula is C16H13IN4O2S. The molecule has 3 N–H and O–H groups in total. The number of hydrogen-bond donors (Lipinski definition) is 3. The van der Waals surface area contributed by atoms with Gasteiger partial charge in [-0.25, -0.2) is 0 Å². The molecule has 3 aromatic rings. The first-order valence-electron chi connectivity index (χ1n) is 6.95. The van der Waals surface area contributed by atoms with Crippen molar-refractivity contribution in [3.8, 4) is 11.6 Å². The number of halogens is 1. The van der Waals surface area contributed by atoms with E-state index in [1.807, 2.05) is 42.5 Å². The Hall–Kier alpha value is -2.20. The van der Waals surface area contributed by atoms with Crippen LogP contribution in [0.4, 0.5) is 11.4 Å². The fourth-order valence-corrected chi connectivity index (χ4v) is 3.02. The molecule has 1 heterocycles. The second-order valence-electron chi connectivity index (χ2n) is 4.82. The highest BCUT2D eigenvalue weighted by Gasteiger charge is 2.12. The summed E-state index contributed by atoms with van der Waals surface area (Å²) < 4.78 is 6.23. The summed E-state index contributed by atoms with van der Waals surface area (Å²) in [4.78, 5) is 2.90. The molecule has 8 heteroatoms. The van der Waals surface area contributed by atoms with Crippen LogP contribution >= 0.6 is 34.8 Å². The lowest BCUT2D eigenvalue weighted by molar-refractivity contribution is 0.417. The highest BCUT2D eigenvalue weighted by molar-refractivity contribution is 14.1. The molecule has 122 valence electrons. The monoisotopic (exact) mass is 452 g/mol. The molecule has 24 heavy (non-hydrogen) atoms. The molecule has 0 amide bonds. The van der Waals surface area contributed by atoms with Crippen molar-refractivity contribution in [2.45, 2.75) is 0 Å². The van der Waals surface area contributed by atoms with Gasteiger partial charge in [0, 0.05) is 8.96 Å². The van der Waals surface area contributed by atoms with Crippen LogP contribution in [0.2, 0.25) is 0 Å². The van der Waals surface area contributed by atoms with Crippen LogP contribution in [0, 0.1) is 3.57 Å². The number of hydrogen-bond acceptors (Lipinski definition) is 4. The van der Waals surface area contributed by atoms with Crippen molar-refractivity contribution in [2.75, 3.05) is 12.4 Å². The number of nitrogens with one attached hydrogen (secondary N) is 2. The summed E-state index contributed by atoms with van der Waals surface area (Å²) in [6.07, 6.45) is 0. The SMILES string of the molecule is COc1ccccc1NC(=S)N=Nc1c(O)[nH]c2c(I)cccc12. The highest BCUT2D eigenvalue weighted by atomic mass is 127. The van der Waals surface area contributed by atoms with Crippen molar-refractivity contribution in [1.82, 2.24) is 4.98 Å². The number of benzene rings is 2. The van der Waals surface area contributed by atoms with Crippen LogP contribution < -0.4 is 10.1 Å². The van der Waals surface area contributed by atoms with Crippen LogP contribution in [0.5, 0.6) is 11.6 Å². The lowest BCUT2D eigenvalue weighted by Gasteiger charge is -2.08. The molecule has 0 spiro atoms. The molecule has 0 aliphatic carbocycles. The third kappa shape index (κ3) is 3.34. The van der Waals surface area contributed by atoms with Gasteiger partial charge in [-0.1, -0.05) is 24.3 Å². The second-order valence-corrected chi connectivity index (χ2v) is 6.36. The first-order valence-corrected chi connectivity index (χ1v) is 8.43. The first kappa shape index (κ1) is 16.7. The summed E-state index contributed by atoms with van der Waals surface area (Å²) in [6, 6.07) is 13.0. The van der Waals surface area contributed by atoms with Crippen molar-refractivity contribution in [3.63, 3.8) is 0 Å². The summed E-state index contributed by atoms with van der Waals surface area (Å²) in [5.74, 6) is 0.609. The van der Waals surface area contributed by atoms with Gasteiger partial charge < -0.3 is 20.1 Å². The standard InChI is InChI=1S/C16H13IN4O2S/c1-23-12-8-3-2-7-11(12)18-16(24)21-20-14-9-5-4-6-10(17)13(9)19-15(14)22/h2-8,19,22H,1H3,(H,18,24). The summed E-state index contributed by atoms with van der Waals surface area (Å²) in [6.45, 7) is 0. The predicted octanol–water partition coefficient (Wildman–Crippen LogP) is 4.97. The Morgan fingerprint density at radius 3 is 2.83 bits per heavy atom. The number of thiocarbonyl (C=S) groups is 1. The Kier molecular flexibility index (Phi) is 4.95. The van der Waals surface area contributed by atoms with E-state index in [9.17, 15) is 5.11 Å². The molecule has 0 radical (unpaired) electrons. The molecule has 0 fully saturated rings. The van der Waals surface area contributed by atoms with Crippen molar-refractivity contribution in [3.05, 3.63) is 46.0 Å². The molecule has 2 aromatic carbocycles. The summed E-state index contributed by atoms with van der Waals surface area (Å²) in [5, 5.41) is 22.0. The number of aromatic nitrogens is 1. The van der Waals surface area contributed by atoms with Crippen molar-refractivity contribution >= 4 is 62.2 Å². The average molecular weight is 452 g/mol. The summed E-state index contributed by atoms with van der Waals surface area (Å²) in [7, 11) is 1.58. The number of ether oxygens (including phenoxy) is 1. The van der Waals surface area contributed by atoms with Gasteiger partial charge in [0.25, 0.3) is 0 Å². The molecular weight excluding hydrogens is 439 g/mol. The lowest BCUT2D eigenvalue weighted by Crippen LogP contribution is -2.06. The Morgan fingerprint density at radius 1 is 1.25 bits per heavy atom. The molecule has 0 aliphatic rings. The molecule has 6 nitrogen and oxygen atoms in total. The second kappa shape index (κ2) is 7.14. The van der Waals surface area contributed by atoms with Crippen molar-refractivity contribution < 1.29 is 9.84 Å². The van der Waals surface area contributed by atoms with Crippen LogP contribution in [-0.4, -0.2) is 22.3 Å². The van der Waals surface area contributed by atoms with Crippen LogP contribution in [0.3, 0.4) is 0 Å². The number of fused-ring (bicyclic) bond motifs is 1. The van der Waals surface area contributed by atoms with Gasteiger partial charge in [0.2, 0.25) is 11.0 Å². The topological polar surface area (TPSA) is 82.0 Å². The van der Waals surface area contributed by atoms with E-state index in [0.29, 0.717) is 17.1 Å². The van der Waals surface area contributed by atoms with Gasteiger partial charge in [0.05, 0.1) is 18.3 Å². The maximum atomic E-state index is 10.0. The minimum absolute atomic E-state index is 0.0436. The molecule has 0 atom stereocenters. The molecule has 3 rings (SSSR count). The largest absolute Gasteiger partial charge is 0.495 e. The Balaban J connectivity index is 1.85. The normalized spacial score (nSPS) is 11.1. The number of methoxy groups -OCH3 is 1. The number of nitrogens with zero attached hydrogens (tertiary/aromatic N) is 2. The van der Waals surface area contributed by atoms with E-state index in [1.165, 1.54) is 0 Å². The third-order valence-corrected chi connectivity index (χ3v) is 4.41. The van der Waals surface area contributed by atoms with E-state index in [0.717, 1.165) is 14.5 Å².